The highest BCUT2D eigenvalue weighted by molar-refractivity contribution is 6.01. The molecule has 0 bridgehead atoms. The van der Waals surface area contributed by atoms with Gasteiger partial charge in [-0.05, 0) is 24.0 Å². The lowest BCUT2D eigenvalue weighted by Crippen LogP contribution is -2.12. The summed E-state index contributed by atoms with van der Waals surface area (Å²) in [7, 11) is 1.30. The van der Waals surface area contributed by atoms with Gasteiger partial charge in [-0.1, -0.05) is 39.8 Å². The molecule has 2 aromatic rings. The van der Waals surface area contributed by atoms with Crippen LogP contribution in [0.25, 0.3) is 0 Å². The number of aromatic nitrogens is 2. The van der Waals surface area contributed by atoms with Crippen LogP contribution in [0.2, 0.25) is 0 Å². The number of hydrogen-bond donors (Lipinski definition) is 0. The molecule has 1 aromatic carbocycles. The Labute approximate surface area is 165 Å². The quantitative estimate of drug-likeness (QED) is 0.498. The molecule has 1 heterocycles. The third kappa shape index (κ3) is 5.09. The van der Waals surface area contributed by atoms with E-state index in [0.29, 0.717) is 16.8 Å². The minimum atomic E-state index is -0.460. The molecule has 1 aromatic heterocycles. The van der Waals surface area contributed by atoms with Crippen LogP contribution in [-0.2, 0) is 4.74 Å². The van der Waals surface area contributed by atoms with Crippen LogP contribution in [0.15, 0.2) is 30.5 Å². The van der Waals surface area contributed by atoms with Gasteiger partial charge in [-0.3, -0.25) is 14.6 Å². The first-order valence-electron chi connectivity index (χ1n) is 9.36. The number of benzene rings is 1. The maximum absolute atomic E-state index is 12.5. The molecule has 0 radical (unpaired) electrons. The Kier molecular flexibility index (Phi) is 7.15. The van der Waals surface area contributed by atoms with Crippen LogP contribution >= 0.6 is 0 Å². The topological polar surface area (TPSA) is 86.2 Å². The third-order valence-electron chi connectivity index (χ3n) is 4.42. The number of ketones is 2. The number of carbonyl (C=O) groups excluding carboxylic acids is 3. The summed E-state index contributed by atoms with van der Waals surface area (Å²) in [4.78, 5) is 45.2. The standard InChI is InChI=1S/C22H26N2O4/c1-13(2)20-21(14(3)4)24-17(12-23-20)19(26)11-10-18(25)15-6-8-16(9-7-15)22(27)28-5/h6-9,12-14H,10-11H2,1-5H3. The van der Waals surface area contributed by atoms with E-state index in [-0.39, 0.29) is 36.2 Å². The van der Waals surface area contributed by atoms with Crippen LogP contribution in [0.4, 0.5) is 0 Å². The molecule has 0 spiro atoms. The molecule has 0 saturated heterocycles. The SMILES string of the molecule is COC(=O)c1ccc(C(=O)CCC(=O)c2cnc(C(C)C)c(C(C)C)n2)cc1. The van der Waals surface area contributed by atoms with E-state index in [1.165, 1.54) is 25.4 Å². The summed E-state index contributed by atoms with van der Waals surface area (Å²) in [6, 6.07) is 6.19. The van der Waals surface area contributed by atoms with Gasteiger partial charge in [0.1, 0.15) is 5.69 Å². The van der Waals surface area contributed by atoms with E-state index in [1.807, 2.05) is 27.7 Å². The number of esters is 1. The van der Waals surface area contributed by atoms with Gasteiger partial charge in [-0.15, -0.1) is 0 Å². The van der Waals surface area contributed by atoms with Crippen LogP contribution in [0.1, 0.15) is 95.0 Å². The molecule has 6 nitrogen and oxygen atoms in total. The van der Waals surface area contributed by atoms with E-state index < -0.39 is 5.97 Å². The van der Waals surface area contributed by atoms with Gasteiger partial charge >= 0.3 is 5.97 Å². The first-order chi connectivity index (χ1) is 13.2. The molecule has 0 atom stereocenters. The first kappa shape index (κ1) is 21.4. The largest absolute Gasteiger partial charge is 0.465 e. The second kappa shape index (κ2) is 9.35. The summed E-state index contributed by atoms with van der Waals surface area (Å²) < 4.78 is 4.63. The average molecular weight is 382 g/mol. The molecule has 6 heteroatoms. The summed E-state index contributed by atoms with van der Waals surface area (Å²) in [5.41, 5.74) is 2.84. The molecule has 0 amide bonds. The minimum Gasteiger partial charge on any atom is -0.465 e. The normalized spacial score (nSPS) is 11.0. The molecule has 148 valence electrons. The summed E-state index contributed by atoms with van der Waals surface area (Å²) in [5, 5.41) is 0. The lowest BCUT2D eigenvalue weighted by atomic mass is 9.99. The van der Waals surface area contributed by atoms with E-state index in [4.69, 9.17) is 0 Å². The van der Waals surface area contributed by atoms with E-state index >= 15 is 0 Å². The Bertz CT molecular complexity index is 871. The first-order valence-corrected chi connectivity index (χ1v) is 9.36. The van der Waals surface area contributed by atoms with Crippen LogP contribution in [0.5, 0.6) is 0 Å². The number of hydrogen-bond acceptors (Lipinski definition) is 6. The molecular weight excluding hydrogens is 356 g/mol. The van der Waals surface area contributed by atoms with Crippen molar-refractivity contribution in [3.8, 4) is 0 Å². The van der Waals surface area contributed by atoms with Crippen molar-refractivity contribution in [1.29, 1.82) is 0 Å². The van der Waals surface area contributed by atoms with Crippen LogP contribution in [-0.4, -0.2) is 34.6 Å². The number of Topliss-reactive ketones (excluding diaryl/α,β-unsaturated/α-hetero) is 2. The van der Waals surface area contributed by atoms with Crippen molar-refractivity contribution in [3.63, 3.8) is 0 Å². The zero-order chi connectivity index (χ0) is 20.8. The molecule has 0 aliphatic heterocycles. The highest BCUT2D eigenvalue weighted by Gasteiger charge is 2.18. The van der Waals surface area contributed by atoms with Gasteiger partial charge in [-0.2, -0.15) is 0 Å². The molecule has 28 heavy (non-hydrogen) atoms. The van der Waals surface area contributed by atoms with Gasteiger partial charge in [0.15, 0.2) is 11.6 Å². The molecule has 0 unspecified atom stereocenters. The van der Waals surface area contributed by atoms with Gasteiger partial charge < -0.3 is 4.74 Å². The van der Waals surface area contributed by atoms with Crippen molar-refractivity contribution < 1.29 is 19.1 Å². The molecule has 0 N–H and O–H groups in total. The van der Waals surface area contributed by atoms with Crippen LogP contribution in [0.3, 0.4) is 0 Å². The van der Waals surface area contributed by atoms with Gasteiger partial charge in [0, 0.05) is 18.4 Å². The lowest BCUT2D eigenvalue weighted by molar-refractivity contribution is 0.0600. The molecule has 0 saturated carbocycles. The third-order valence-corrected chi connectivity index (χ3v) is 4.42. The fourth-order valence-corrected chi connectivity index (χ4v) is 2.83. The van der Waals surface area contributed by atoms with Gasteiger partial charge in [0.25, 0.3) is 0 Å². The zero-order valence-electron chi connectivity index (χ0n) is 17.0. The summed E-state index contributed by atoms with van der Waals surface area (Å²) in [5.74, 6) is -0.445. The Morgan fingerprint density at radius 2 is 1.39 bits per heavy atom. The van der Waals surface area contributed by atoms with Gasteiger partial charge in [-0.25, -0.2) is 9.78 Å². The maximum atomic E-state index is 12.5. The van der Waals surface area contributed by atoms with E-state index in [2.05, 4.69) is 14.7 Å². The maximum Gasteiger partial charge on any atom is 0.337 e. The van der Waals surface area contributed by atoms with Crippen LogP contribution in [0, 0.1) is 0 Å². The number of carbonyl (C=O) groups is 3. The fourth-order valence-electron chi connectivity index (χ4n) is 2.83. The van der Waals surface area contributed by atoms with Crippen molar-refractivity contribution >= 4 is 17.5 Å². The summed E-state index contributed by atoms with van der Waals surface area (Å²) in [6.07, 6.45) is 1.63. The van der Waals surface area contributed by atoms with E-state index in [0.717, 1.165) is 11.4 Å². The van der Waals surface area contributed by atoms with Crippen molar-refractivity contribution in [1.82, 2.24) is 9.97 Å². The van der Waals surface area contributed by atoms with Crippen molar-refractivity contribution in [2.24, 2.45) is 0 Å². The predicted molar refractivity (Wildman–Crippen MR) is 106 cm³/mol. The summed E-state index contributed by atoms with van der Waals surface area (Å²) in [6.45, 7) is 8.13. The Morgan fingerprint density at radius 1 is 0.857 bits per heavy atom. The molecule has 0 fully saturated rings. The summed E-state index contributed by atoms with van der Waals surface area (Å²) >= 11 is 0. The Balaban J connectivity index is 2.06. The second-order valence-electron chi connectivity index (χ2n) is 7.25. The van der Waals surface area contributed by atoms with Gasteiger partial charge in [0.05, 0.1) is 30.3 Å². The van der Waals surface area contributed by atoms with E-state index in [9.17, 15) is 14.4 Å². The van der Waals surface area contributed by atoms with Crippen molar-refractivity contribution in [2.75, 3.05) is 7.11 Å². The van der Waals surface area contributed by atoms with Crippen LogP contribution < -0.4 is 0 Å². The highest BCUT2D eigenvalue weighted by atomic mass is 16.5. The van der Waals surface area contributed by atoms with Crippen molar-refractivity contribution in [2.45, 2.75) is 52.4 Å². The van der Waals surface area contributed by atoms with Gasteiger partial charge in [0.2, 0.25) is 0 Å². The Hall–Kier alpha value is -2.89. The number of nitrogens with zero attached hydrogens (tertiary/aromatic N) is 2. The zero-order valence-corrected chi connectivity index (χ0v) is 17.0. The Morgan fingerprint density at radius 3 is 1.93 bits per heavy atom. The fraction of sp³-hybridized carbons (Fsp3) is 0.409. The smallest absolute Gasteiger partial charge is 0.337 e. The van der Waals surface area contributed by atoms with E-state index in [1.54, 1.807) is 12.1 Å². The predicted octanol–water partition coefficient (Wildman–Crippen LogP) is 4.36. The monoisotopic (exact) mass is 382 g/mol. The molecule has 0 aliphatic rings. The molecule has 0 aliphatic carbocycles. The number of rotatable bonds is 8. The lowest BCUT2D eigenvalue weighted by Gasteiger charge is -2.14. The molecular formula is C22H26N2O4. The second-order valence-corrected chi connectivity index (χ2v) is 7.25. The number of methoxy groups -OCH3 is 1. The molecule has 2 rings (SSSR count). The average Bonchev–Trinajstić information content (AvgIpc) is 2.70. The minimum absolute atomic E-state index is 0.0603. The van der Waals surface area contributed by atoms with Crippen molar-refractivity contribution in [3.05, 3.63) is 58.7 Å². The highest BCUT2D eigenvalue weighted by Crippen LogP contribution is 2.23. The number of ether oxygens (including phenoxy) is 1.